The molecule has 1 saturated heterocycles. The van der Waals surface area contributed by atoms with Crippen LogP contribution in [-0.4, -0.2) is 32.8 Å². The number of hydrogen-bond acceptors (Lipinski definition) is 3. The van der Waals surface area contributed by atoms with Gasteiger partial charge in [0, 0.05) is 19.8 Å². The zero-order valence-electron chi connectivity index (χ0n) is 8.93. The van der Waals surface area contributed by atoms with Gasteiger partial charge in [0.1, 0.15) is 0 Å². The molecule has 1 heterocycles. The number of rotatable bonds is 5. The molecule has 3 heteroatoms. The van der Waals surface area contributed by atoms with Crippen molar-refractivity contribution in [3.63, 3.8) is 0 Å². The van der Waals surface area contributed by atoms with Crippen molar-refractivity contribution in [1.29, 1.82) is 0 Å². The molecule has 0 spiro atoms. The summed E-state index contributed by atoms with van der Waals surface area (Å²) in [4.78, 5) is 0. The van der Waals surface area contributed by atoms with Gasteiger partial charge in [0.2, 0.25) is 0 Å². The summed E-state index contributed by atoms with van der Waals surface area (Å²) in [5, 5.41) is 3.57. The summed E-state index contributed by atoms with van der Waals surface area (Å²) in [5.41, 5.74) is 6.20. The second kappa shape index (κ2) is 4.60. The Morgan fingerprint density at radius 3 is 2.57 bits per heavy atom. The zero-order chi connectivity index (χ0) is 9.86. The minimum absolute atomic E-state index is 0.327. The number of nitrogens with one attached hydrogen (secondary N) is 1. The maximum absolute atomic E-state index is 5.88. The van der Waals surface area contributed by atoms with E-state index in [1.165, 1.54) is 19.4 Å². The molecular weight excluding hydrogens is 176 g/mol. The summed E-state index contributed by atoms with van der Waals surface area (Å²) in [7, 11) is 0. The lowest BCUT2D eigenvalue weighted by atomic mass is 9.80. The average Bonchev–Trinajstić information content (AvgIpc) is 3.03. The van der Waals surface area contributed by atoms with Gasteiger partial charge in [-0.2, -0.15) is 0 Å². The van der Waals surface area contributed by atoms with E-state index >= 15 is 0 Å². The van der Waals surface area contributed by atoms with Crippen LogP contribution in [0.5, 0.6) is 0 Å². The zero-order valence-corrected chi connectivity index (χ0v) is 8.93. The molecule has 0 aromatic carbocycles. The van der Waals surface area contributed by atoms with Gasteiger partial charge in [0.05, 0.1) is 0 Å². The third-order valence-electron chi connectivity index (χ3n) is 3.62. The molecule has 3 nitrogen and oxygen atoms in total. The molecule has 0 aromatic heterocycles. The third-order valence-corrected chi connectivity index (χ3v) is 3.62. The van der Waals surface area contributed by atoms with Crippen LogP contribution in [0.1, 0.15) is 25.7 Å². The summed E-state index contributed by atoms with van der Waals surface area (Å²) in [6, 6.07) is 0. The van der Waals surface area contributed by atoms with Crippen molar-refractivity contribution in [3.05, 3.63) is 0 Å². The summed E-state index contributed by atoms with van der Waals surface area (Å²) in [5.74, 6) is 0.963. The molecule has 0 unspecified atom stereocenters. The highest BCUT2D eigenvalue weighted by Gasteiger charge is 2.31. The first-order valence-corrected chi connectivity index (χ1v) is 5.83. The SMILES string of the molecule is NCC1(CNCC2CC2)CCOCC1. The lowest BCUT2D eigenvalue weighted by molar-refractivity contribution is 0.0192. The molecule has 1 saturated carbocycles. The Labute approximate surface area is 86.4 Å². The first kappa shape index (κ1) is 10.4. The maximum atomic E-state index is 5.88. The van der Waals surface area contributed by atoms with E-state index in [1.54, 1.807) is 0 Å². The monoisotopic (exact) mass is 198 g/mol. The van der Waals surface area contributed by atoms with E-state index in [0.717, 1.165) is 45.1 Å². The van der Waals surface area contributed by atoms with Gasteiger partial charge < -0.3 is 15.8 Å². The normalized spacial score (nSPS) is 26.4. The molecule has 0 radical (unpaired) electrons. The minimum Gasteiger partial charge on any atom is -0.381 e. The molecule has 0 bridgehead atoms. The van der Waals surface area contributed by atoms with Crippen LogP contribution in [0.3, 0.4) is 0 Å². The molecule has 3 N–H and O–H groups in total. The van der Waals surface area contributed by atoms with Crippen LogP contribution >= 0.6 is 0 Å². The van der Waals surface area contributed by atoms with Crippen LogP contribution in [0, 0.1) is 11.3 Å². The van der Waals surface area contributed by atoms with Crippen molar-refractivity contribution in [3.8, 4) is 0 Å². The second-order valence-corrected chi connectivity index (χ2v) is 4.89. The predicted octanol–water partition coefficient (Wildman–Crippen LogP) is 0.741. The van der Waals surface area contributed by atoms with Gasteiger partial charge in [-0.1, -0.05) is 0 Å². The molecular formula is C11H22N2O. The minimum atomic E-state index is 0.327. The van der Waals surface area contributed by atoms with Gasteiger partial charge in [-0.15, -0.1) is 0 Å². The Bertz CT molecular complexity index is 174. The number of ether oxygens (including phenoxy) is 1. The lowest BCUT2D eigenvalue weighted by Gasteiger charge is -2.36. The first-order valence-electron chi connectivity index (χ1n) is 5.83. The molecule has 2 aliphatic rings. The highest BCUT2D eigenvalue weighted by Crippen LogP contribution is 2.30. The van der Waals surface area contributed by atoms with Crippen LogP contribution in [0.2, 0.25) is 0 Å². The molecule has 1 aliphatic heterocycles. The predicted molar refractivity (Wildman–Crippen MR) is 57.1 cm³/mol. The van der Waals surface area contributed by atoms with E-state index < -0.39 is 0 Å². The Hall–Kier alpha value is -0.120. The summed E-state index contributed by atoms with van der Waals surface area (Å²) >= 11 is 0. The van der Waals surface area contributed by atoms with Crippen LogP contribution in [0.25, 0.3) is 0 Å². The maximum Gasteiger partial charge on any atom is 0.0472 e. The first-order chi connectivity index (χ1) is 6.85. The average molecular weight is 198 g/mol. The smallest absolute Gasteiger partial charge is 0.0472 e. The standard InChI is InChI=1S/C11H22N2O/c12-8-11(3-5-14-6-4-11)9-13-7-10-1-2-10/h10,13H,1-9,12H2. The fraction of sp³-hybridized carbons (Fsp3) is 1.00. The van der Waals surface area contributed by atoms with E-state index in [-0.39, 0.29) is 0 Å². The Kier molecular flexibility index (Phi) is 3.42. The Morgan fingerprint density at radius 1 is 1.29 bits per heavy atom. The summed E-state index contributed by atoms with van der Waals surface area (Å²) in [6.45, 7) is 4.87. The van der Waals surface area contributed by atoms with E-state index in [2.05, 4.69) is 5.32 Å². The fourth-order valence-corrected chi connectivity index (χ4v) is 2.12. The molecule has 1 aliphatic carbocycles. The highest BCUT2D eigenvalue weighted by atomic mass is 16.5. The Morgan fingerprint density at radius 2 is 2.00 bits per heavy atom. The van der Waals surface area contributed by atoms with Gasteiger partial charge in [-0.05, 0) is 50.1 Å². The van der Waals surface area contributed by atoms with Crippen molar-refractivity contribution in [1.82, 2.24) is 5.32 Å². The lowest BCUT2D eigenvalue weighted by Crippen LogP contribution is -2.44. The molecule has 2 rings (SSSR count). The van der Waals surface area contributed by atoms with Crippen molar-refractivity contribution in [2.24, 2.45) is 17.1 Å². The van der Waals surface area contributed by atoms with Crippen molar-refractivity contribution in [2.75, 3.05) is 32.8 Å². The van der Waals surface area contributed by atoms with E-state index in [1.807, 2.05) is 0 Å². The molecule has 0 aromatic rings. The van der Waals surface area contributed by atoms with Gasteiger partial charge >= 0.3 is 0 Å². The van der Waals surface area contributed by atoms with Crippen LogP contribution in [0.4, 0.5) is 0 Å². The van der Waals surface area contributed by atoms with Gasteiger partial charge in [0.25, 0.3) is 0 Å². The fourth-order valence-electron chi connectivity index (χ4n) is 2.12. The van der Waals surface area contributed by atoms with Crippen molar-refractivity contribution >= 4 is 0 Å². The van der Waals surface area contributed by atoms with Gasteiger partial charge in [-0.25, -0.2) is 0 Å². The second-order valence-electron chi connectivity index (χ2n) is 4.89. The van der Waals surface area contributed by atoms with Gasteiger partial charge in [-0.3, -0.25) is 0 Å². The molecule has 82 valence electrons. The number of hydrogen-bond donors (Lipinski definition) is 2. The van der Waals surface area contributed by atoms with Crippen LogP contribution < -0.4 is 11.1 Å². The molecule has 2 fully saturated rings. The summed E-state index contributed by atoms with van der Waals surface area (Å²) < 4.78 is 5.38. The Balaban J connectivity index is 1.71. The van der Waals surface area contributed by atoms with Crippen molar-refractivity contribution < 1.29 is 4.74 Å². The topological polar surface area (TPSA) is 47.3 Å². The largest absolute Gasteiger partial charge is 0.381 e. The highest BCUT2D eigenvalue weighted by molar-refractivity contribution is 4.86. The molecule has 0 amide bonds. The van der Waals surface area contributed by atoms with E-state index in [4.69, 9.17) is 10.5 Å². The number of nitrogens with two attached hydrogens (primary N) is 1. The van der Waals surface area contributed by atoms with Crippen LogP contribution in [-0.2, 0) is 4.74 Å². The third kappa shape index (κ3) is 2.69. The van der Waals surface area contributed by atoms with E-state index in [0.29, 0.717) is 5.41 Å². The van der Waals surface area contributed by atoms with Crippen LogP contribution in [0.15, 0.2) is 0 Å². The van der Waals surface area contributed by atoms with E-state index in [9.17, 15) is 0 Å². The van der Waals surface area contributed by atoms with Crippen molar-refractivity contribution in [2.45, 2.75) is 25.7 Å². The van der Waals surface area contributed by atoms with Gasteiger partial charge in [0.15, 0.2) is 0 Å². The molecule has 0 atom stereocenters. The summed E-state index contributed by atoms with van der Waals surface area (Å²) in [6.07, 6.45) is 5.10. The quantitative estimate of drug-likeness (QED) is 0.685. The molecule has 14 heavy (non-hydrogen) atoms.